The Morgan fingerprint density at radius 3 is 2.76 bits per heavy atom. The van der Waals surface area contributed by atoms with Crippen LogP contribution in [0.5, 0.6) is 0 Å². The quantitative estimate of drug-likeness (QED) is 0.748. The van der Waals surface area contributed by atoms with Crippen molar-refractivity contribution < 1.29 is 17.9 Å². The smallest absolute Gasteiger partial charge is 0.359 e. The molecule has 2 rings (SSSR count). The van der Waals surface area contributed by atoms with Gasteiger partial charge in [-0.1, -0.05) is 15.9 Å². The Morgan fingerprint density at radius 2 is 2.14 bits per heavy atom. The van der Waals surface area contributed by atoms with Crippen molar-refractivity contribution in [1.82, 2.24) is 9.78 Å². The highest BCUT2D eigenvalue weighted by Crippen LogP contribution is 2.24. The van der Waals surface area contributed by atoms with Gasteiger partial charge in [-0.2, -0.15) is 5.10 Å². The fraction of sp³-hybridized carbons (Fsp3) is 0.385. The summed E-state index contributed by atoms with van der Waals surface area (Å²) < 4.78 is 29.6. The van der Waals surface area contributed by atoms with Gasteiger partial charge in [0.25, 0.3) is 0 Å². The number of halogens is 1. The Labute approximate surface area is 131 Å². The van der Waals surface area contributed by atoms with E-state index in [9.17, 15) is 13.2 Å². The molecular weight excluding hydrogens is 360 g/mol. The number of rotatable bonds is 5. The first-order valence-electron chi connectivity index (χ1n) is 6.24. The van der Waals surface area contributed by atoms with E-state index < -0.39 is 15.8 Å². The summed E-state index contributed by atoms with van der Waals surface area (Å²) in [7, 11) is -1.71. The lowest BCUT2D eigenvalue weighted by atomic mass is 10.2. The van der Waals surface area contributed by atoms with Crippen LogP contribution in [0.4, 0.5) is 0 Å². The molecule has 0 radical (unpaired) electrons. The number of aromatic nitrogens is 2. The number of hydrogen-bond acceptors (Lipinski definition) is 5. The molecule has 1 aromatic heterocycles. The summed E-state index contributed by atoms with van der Waals surface area (Å²) in [6.45, 7) is 0.419. The van der Waals surface area contributed by atoms with Crippen LogP contribution in [0.2, 0.25) is 0 Å². The number of hydrogen-bond donors (Lipinski definition) is 0. The highest BCUT2D eigenvalue weighted by atomic mass is 79.9. The van der Waals surface area contributed by atoms with E-state index in [1.165, 1.54) is 13.4 Å². The lowest BCUT2D eigenvalue weighted by Gasteiger charge is -2.02. The summed E-state index contributed by atoms with van der Waals surface area (Å²) in [6.07, 6.45) is 1.64. The van der Waals surface area contributed by atoms with Crippen LogP contribution >= 0.6 is 15.9 Å². The van der Waals surface area contributed by atoms with Crippen molar-refractivity contribution in [3.05, 3.63) is 28.4 Å². The molecule has 0 saturated heterocycles. The maximum atomic E-state index is 11.8. The van der Waals surface area contributed by atoms with Crippen molar-refractivity contribution in [2.75, 3.05) is 19.1 Å². The monoisotopic (exact) mass is 374 g/mol. The molecule has 0 unspecified atom stereocenters. The van der Waals surface area contributed by atoms with Crippen LogP contribution in [0.25, 0.3) is 10.9 Å². The van der Waals surface area contributed by atoms with Gasteiger partial charge in [0, 0.05) is 22.7 Å². The van der Waals surface area contributed by atoms with Crippen molar-refractivity contribution in [2.24, 2.45) is 0 Å². The zero-order valence-corrected chi connectivity index (χ0v) is 14.1. The van der Waals surface area contributed by atoms with Gasteiger partial charge in [-0.05, 0) is 24.6 Å². The van der Waals surface area contributed by atoms with Crippen LogP contribution in [-0.2, 0) is 21.1 Å². The second-order valence-corrected chi connectivity index (χ2v) is 7.88. The Balaban J connectivity index is 2.38. The third-order valence-corrected chi connectivity index (χ3v) is 4.50. The van der Waals surface area contributed by atoms with Gasteiger partial charge in [0.2, 0.25) is 0 Å². The topological polar surface area (TPSA) is 78.3 Å². The first-order chi connectivity index (χ1) is 9.81. The van der Waals surface area contributed by atoms with Crippen molar-refractivity contribution in [3.63, 3.8) is 0 Å². The van der Waals surface area contributed by atoms with E-state index in [1.807, 2.05) is 12.1 Å². The van der Waals surface area contributed by atoms with E-state index in [0.717, 1.165) is 9.99 Å². The molecule has 6 nitrogen and oxygen atoms in total. The van der Waals surface area contributed by atoms with Gasteiger partial charge in [0.15, 0.2) is 5.69 Å². The molecule has 1 aromatic carbocycles. The lowest BCUT2D eigenvalue weighted by Crippen LogP contribution is -2.09. The molecule has 2 aromatic rings. The number of aryl methyl sites for hydroxylation is 1. The minimum Gasteiger partial charge on any atom is -0.464 e. The molecule has 0 fully saturated rings. The fourth-order valence-electron chi connectivity index (χ4n) is 2.05. The molecule has 0 atom stereocenters. The zero-order chi connectivity index (χ0) is 15.6. The molecule has 0 spiro atoms. The second-order valence-electron chi connectivity index (χ2n) is 4.71. The summed E-state index contributed by atoms with van der Waals surface area (Å²) >= 11 is 3.36. The molecule has 0 aliphatic heterocycles. The molecule has 0 amide bonds. The number of sulfone groups is 1. The lowest BCUT2D eigenvalue weighted by molar-refractivity contribution is 0.0595. The maximum Gasteiger partial charge on any atom is 0.359 e. The molecule has 21 heavy (non-hydrogen) atoms. The molecule has 1 heterocycles. The average molecular weight is 375 g/mol. The number of benzene rings is 1. The van der Waals surface area contributed by atoms with Crippen LogP contribution < -0.4 is 0 Å². The highest BCUT2D eigenvalue weighted by Gasteiger charge is 2.18. The Morgan fingerprint density at radius 1 is 1.43 bits per heavy atom. The second kappa shape index (κ2) is 6.15. The first-order valence-corrected chi connectivity index (χ1v) is 9.09. The molecule has 0 bridgehead atoms. The summed E-state index contributed by atoms with van der Waals surface area (Å²) in [4.78, 5) is 11.8. The summed E-state index contributed by atoms with van der Waals surface area (Å²) in [5, 5.41) is 4.92. The number of methoxy groups -OCH3 is 1. The van der Waals surface area contributed by atoms with E-state index in [4.69, 9.17) is 4.74 Å². The minimum absolute atomic E-state index is 0.0818. The van der Waals surface area contributed by atoms with Gasteiger partial charge in [0.05, 0.1) is 18.4 Å². The fourth-order valence-corrected chi connectivity index (χ4v) is 3.06. The Hall–Kier alpha value is -1.41. The van der Waals surface area contributed by atoms with Crippen molar-refractivity contribution >= 4 is 42.6 Å². The molecule has 0 N–H and O–H groups in total. The Kier molecular flexibility index (Phi) is 4.67. The molecule has 0 aliphatic rings. The van der Waals surface area contributed by atoms with Gasteiger partial charge in [0.1, 0.15) is 9.84 Å². The van der Waals surface area contributed by atoms with Gasteiger partial charge >= 0.3 is 5.97 Å². The number of carbonyl (C=O) groups is 1. The predicted octanol–water partition coefficient (Wildman–Crippen LogP) is 2.02. The summed E-state index contributed by atoms with van der Waals surface area (Å²) in [5.74, 6) is -0.432. The average Bonchev–Trinajstić information content (AvgIpc) is 2.74. The number of esters is 1. The normalized spacial score (nSPS) is 11.8. The minimum atomic E-state index is -3.01. The number of nitrogens with zero attached hydrogens (tertiary/aromatic N) is 2. The predicted molar refractivity (Wildman–Crippen MR) is 83.1 cm³/mol. The molecule has 0 aliphatic carbocycles. The Bertz CT molecular complexity index is 783. The SMILES string of the molecule is COC(=O)c1nn(CCCS(C)(=O)=O)c2ccc(Br)cc12. The van der Waals surface area contributed by atoms with E-state index in [-0.39, 0.29) is 11.4 Å². The van der Waals surface area contributed by atoms with Gasteiger partial charge < -0.3 is 4.74 Å². The first kappa shape index (κ1) is 16.0. The van der Waals surface area contributed by atoms with Crippen LogP contribution in [-0.4, -0.2) is 43.3 Å². The molecule has 0 saturated carbocycles. The van der Waals surface area contributed by atoms with E-state index in [2.05, 4.69) is 21.0 Å². The highest BCUT2D eigenvalue weighted by molar-refractivity contribution is 9.10. The summed E-state index contributed by atoms with van der Waals surface area (Å²) in [5.41, 5.74) is 1.00. The molecule has 8 heteroatoms. The van der Waals surface area contributed by atoms with Gasteiger partial charge in [-0.25, -0.2) is 13.2 Å². The standard InChI is InChI=1S/C13H15BrN2O4S/c1-20-13(17)12-10-8-9(14)4-5-11(10)16(15-12)6-3-7-21(2,18)19/h4-5,8H,3,6-7H2,1-2H3. The summed E-state index contributed by atoms with van der Waals surface area (Å²) in [6, 6.07) is 5.47. The molecule has 114 valence electrons. The number of ether oxygens (including phenoxy) is 1. The molecular formula is C13H15BrN2O4S. The third kappa shape index (κ3) is 3.82. The van der Waals surface area contributed by atoms with Crippen molar-refractivity contribution in [2.45, 2.75) is 13.0 Å². The zero-order valence-electron chi connectivity index (χ0n) is 11.7. The largest absolute Gasteiger partial charge is 0.464 e. The van der Waals surface area contributed by atoms with Crippen LogP contribution in [0, 0.1) is 0 Å². The van der Waals surface area contributed by atoms with Crippen molar-refractivity contribution in [1.29, 1.82) is 0 Å². The van der Waals surface area contributed by atoms with Crippen LogP contribution in [0.1, 0.15) is 16.9 Å². The number of fused-ring (bicyclic) bond motifs is 1. The maximum absolute atomic E-state index is 11.8. The van der Waals surface area contributed by atoms with Gasteiger partial charge in [-0.15, -0.1) is 0 Å². The van der Waals surface area contributed by atoms with Crippen molar-refractivity contribution in [3.8, 4) is 0 Å². The van der Waals surface area contributed by atoms with E-state index in [0.29, 0.717) is 18.4 Å². The van der Waals surface area contributed by atoms with E-state index in [1.54, 1.807) is 10.7 Å². The van der Waals surface area contributed by atoms with Crippen LogP contribution in [0.3, 0.4) is 0 Å². The number of carbonyl (C=O) groups excluding carboxylic acids is 1. The van der Waals surface area contributed by atoms with Gasteiger partial charge in [-0.3, -0.25) is 4.68 Å². The van der Waals surface area contributed by atoms with Crippen LogP contribution in [0.15, 0.2) is 22.7 Å². The van der Waals surface area contributed by atoms with E-state index >= 15 is 0 Å². The third-order valence-electron chi connectivity index (χ3n) is 2.98.